The fraction of sp³-hybridized carbons (Fsp3) is 0.143. The van der Waals surface area contributed by atoms with Gasteiger partial charge in [-0.1, -0.05) is 30.3 Å². The third-order valence-electron chi connectivity index (χ3n) is 4.41. The van der Waals surface area contributed by atoms with Gasteiger partial charge in [0.2, 0.25) is 0 Å². The molecule has 5 nitrogen and oxygen atoms in total. The van der Waals surface area contributed by atoms with E-state index in [4.69, 9.17) is 0 Å². The van der Waals surface area contributed by atoms with E-state index in [1.54, 1.807) is 19.1 Å². The van der Waals surface area contributed by atoms with Gasteiger partial charge in [-0.15, -0.1) is 0 Å². The highest BCUT2D eigenvalue weighted by molar-refractivity contribution is 6.04. The minimum atomic E-state index is -1.01. The van der Waals surface area contributed by atoms with Crippen LogP contribution in [0.1, 0.15) is 37.5 Å². The highest BCUT2D eigenvalue weighted by atomic mass is 16.4. The summed E-state index contributed by atoms with van der Waals surface area (Å²) in [4.78, 5) is 24.1. The van der Waals surface area contributed by atoms with Gasteiger partial charge < -0.3 is 15.0 Å². The second-order valence-electron chi connectivity index (χ2n) is 6.23. The molecule has 0 bridgehead atoms. The Morgan fingerprint density at radius 3 is 2.46 bits per heavy atom. The Hall–Kier alpha value is -3.34. The van der Waals surface area contributed by atoms with Crippen LogP contribution in [-0.4, -0.2) is 21.6 Å². The Balaban J connectivity index is 1.84. The summed E-state index contributed by atoms with van der Waals surface area (Å²) in [5.41, 5.74) is 3.80. The molecule has 0 saturated heterocycles. The molecule has 2 aromatic carbocycles. The molecule has 0 fully saturated rings. The van der Waals surface area contributed by atoms with E-state index in [9.17, 15) is 14.7 Å². The zero-order chi connectivity index (χ0) is 18.7. The first kappa shape index (κ1) is 17.5. The molecule has 1 aromatic heterocycles. The van der Waals surface area contributed by atoms with Gasteiger partial charge >= 0.3 is 5.97 Å². The Morgan fingerprint density at radius 2 is 1.77 bits per heavy atom. The number of carboxylic acid groups (broad SMARTS) is 1. The van der Waals surface area contributed by atoms with Crippen molar-refractivity contribution in [1.29, 1.82) is 0 Å². The lowest BCUT2D eigenvalue weighted by atomic mass is 10.0. The van der Waals surface area contributed by atoms with Gasteiger partial charge in [0.15, 0.2) is 0 Å². The number of hydrogen-bond acceptors (Lipinski definition) is 2. The van der Waals surface area contributed by atoms with Crippen LogP contribution in [0.5, 0.6) is 0 Å². The summed E-state index contributed by atoms with van der Waals surface area (Å²) in [6, 6.07) is 16.7. The number of carboxylic acids is 1. The molecule has 26 heavy (non-hydrogen) atoms. The Morgan fingerprint density at radius 1 is 1.04 bits per heavy atom. The Bertz CT molecular complexity index is 959. The summed E-state index contributed by atoms with van der Waals surface area (Å²) >= 11 is 0. The van der Waals surface area contributed by atoms with Crippen LogP contribution in [0.2, 0.25) is 0 Å². The number of carbonyl (C=O) groups is 2. The highest BCUT2D eigenvalue weighted by Crippen LogP contribution is 2.21. The predicted octanol–water partition coefficient (Wildman–Crippen LogP) is 4.10. The van der Waals surface area contributed by atoms with Crippen molar-refractivity contribution < 1.29 is 14.7 Å². The summed E-state index contributed by atoms with van der Waals surface area (Å²) in [6.07, 6.45) is 1.85. The van der Waals surface area contributed by atoms with Gasteiger partial charge in [-0.25, -0.2) is 4.79 Å². The maximum atomic E-state index is 12.7. The van der Waals surface area contributed by atoms with E-state index in [1.807, 2.05) is 54.1 Å². The van der Waals surface area contributed by atoms with Gasteiger partial charge in [-0.2, -0.15) is 0 Å². The molecule has 0 unspecified atom stereocenters. The minimum absolute atomic E-state index is 0.194. The smallest absolute Gasteiger partial charge is 0.336 e. The van der Waals surface area contributed by atoms with E-state index in [-0.39, 0.29) is 11.5 Å². The standard InChI is InChI=1S/C21H20N2O3/c1-14-11-17(12-18(15(14)2)21(25)26)22-20(24)19-9-6-10-23(19)13-16-7-4-3-5-8-16/h3-12H,13H2,1-2H3,(H,22,24)(H,25,26). The van der Waals surface area contributed by atoms with E-state index in [1.165, 1.54) is 6.07 Å². The van der Waals surface area contributed by atoms with Crippen LogP contribution in [0.15, 0.2) is 60.8 Å². The van der Waals surface area contributed by atoms with Crippen LogP contribution in [-0.2, 0) is 6.54 Å². The average molecular weight is 348 g/mol. The van der Waals surface area contributed by atoms with Crippen molar-refractivity contribution >= 4 is 17.6 Å². The van der Waals surface area contributed by atoms with E-state index >= 15 is 0 Å². The third kappa shape index (κ3) is 3.67. The molecule has 0 spiro atoms. The fourth-order valence-electron chi connectivity index (χ4n) is 2.89. The first-order chi connectivity index (χ1) is 12.5. The largest absolute Gasteiger partial charge is 0.478 e. The quantitative estimate of drug-likeness (QED) is 0.729. The van der Waals surface area contributed by atoms with Gasteiger partial charge in [0.05, 0.1) is 5.56 Å². The SMILES string of the molecule is Cc1cc(NC(=O)c2cccn2Cc2ccccc2)cc(C(=O)O)c1C. The summed E-state index contributed by atoms with van der Waals surface area (Å²) in [6.45, 7) is 4.18. The van der Waals surface area contributed by atoms with Crippen molar-refractivity contribution in [1.82, 2.24) is 4.57 Å². The highest BCUT2D eigenvalue weighted by Gasteiger charge is 2.15. The number of aromatic carboxylic acids is 1. The fourth-order valence-corrected chi connectivity index (χ4v) is 2.89. The maximum Gasteiger partial charge on any atom is 0.336 e. The lowest BCUT2D eigenvalue weighted by Crippen LogP contribution is -2.18. The normalized spacial score (nSPS) is 10.5. The molecule has 3 aromatic rings. The summed E-state index contributed by atoms with van der Waals surface area (Å²) < 4.78 is 1.86. The van der Waals surface area contributed by atoms with E-state index in [0.29, 0.717) is 23.5 Å². The molecule has 1 amide bonds. The predicted molar refractivity (Wildman–Crippen MR) is 101 cm³/mol. The Labute approximate surface area is 151 Å². The molecule has 0 atom stereocenters. The number of amides is 1. The molecule has 132 valence electrons. The number of carbonyl (C=O) groups excluding carboxylic acids is 1. The first-order valence-corrected chi connectivity index (χ1v) is 8.30. The van der Waals surface area contributed by atoms with Crippen molar-refractivity contribution in [2.24, 2.45) is 0 Å². The van der Waals surface area contributed by atoms with Crippen molar-refractivity contribution in [3.8, 4) is 0 Å². The van der Waals surface area contributed by atoms with E-state index in [2.05, 4.69) is 5.32 Å². The zero-order valence-corrected chi connectivity index (χ0v) is 14.7. The number of aryl methyl sites for hydroxylation is 1. The number of benzene rings is 2. The number of aromatic nitrogens is 1. The van der Waals surface area contributed by atoms with Crippen LogP contribution in [0.3, 0.4) is 0 Å². The first-order valence-electron chi connectivity index (χ1n) is 8.30. The number of nitrogens with zero attached hydrogens (tertiary/aromatic N) is 1. The second-order valence-corrected chi connectivity index (χ2v) is 6.23. The number of rotatable bonds is 5. The molecule has 0 aliphatic carbocycles. The minimum Gasteiger partial charge on any atom is -0.478 e. The Kier molecular flexibility index (Phi) is 4.89. The molecular weight excluding hydrogens is 328 g/mol. The van der Waals surface area contributed by atoms with Crippen LogP contribution in [0, 0.1) is 13.8 Å². The number of hydrogen-bond donors (Lipinski definition) is 2. The van der Waals surface area contributed by atoms with Gasteiger partial charge in [-0.05, 0) is 54.8 Å². The molecule has 0 aliphatic rings. The zero-order valence-electron chi connectivity index (χ0n) is 14.7. The second kappa shape index (κ2) is 7.27. The molecule has 0 saturated carbocycles. The van der Waals surface area contributed by atoms with Gasteiger partial charge in [0.1, 0.15) is 5.69 Å². The molecule has 5 heteroatoms. The van der Waals surface area contributed by atoms with Crippen LogP contribution < -0.4 is 5.32 Å². The molecule has 2 N–H and O–H groups in total. The molecule has 1 heterocycles. The van der Waals surface area contributed by atoms with Gasteiger partial charge in [-0.3, -0.25) is 4.79 Å². The van der Waals surface area contributed by atoms with Crippen LogP contribution in [0.25, 0.3) is 0 Å². The average Bonchev–Trinajstić information content (AvgIpc) is 3.07. The number of nitrogens with one attached hydrogen (secondary N) is 1. The van der Waals surface area contributed by atoms with Gasteiger partial charge in [0, 0.05) is 18.4 Å². The van der Waals surface area contributed by atoms with Crippen molar-refractivity contribution in [2.45, 2.75) is 20.4 Å². The lowest BCUT2D eigenvalue weighted by Gasteiger charge is -2.12. The third-order valence-corrected chi connectivity index (χ3v) is 4.41. The van der Waals surface area contributed by atoms with Crippen molar-refractivity contribution in [3.63, 3.8) is 0 Å². The number of anilines is 1. The maximum absolute atomic E-state index is 12.7. The molecule has 0 aliphatic heterocycles. The molecule has 3 rings (SSSR count). The van der Waals surface area contributed by atoms with Crippen LogP contribution >= 0.6 is 0 Å². The summed E-state index contributed by atoms with van der Waals surface area (Å²) in [7, 11) is 0. The van der Waals surface area contributed by atoms with Crippen molar-refractivity contribution in [2.75, 3.05) is 5.32 Å². The molecule has 0 radical (unpaired) electrons. The topological polar surface area (TPSA) is 71.3 Å². The monoisotopic (exact) mass is 348 g/mol. The van der Waals surface area contributed by atoms with Gasteiger partial charge in [0.25, 0.3) is 5.91 Å². The molecular formula is C21H20N2O3. The van der Waals surface area contributed by atoms with E-state index in [0.717, 1.165) is 11.1 Å². The lowest BCUT2D eigenvalue weighted by molar-refractivity contribution is 0.0695. The summed E-state index contributed by atoms with van der Waals surface area (Å²) in [5, 5.41) is 12.1. The van der Waals surface area contributed by atoms with E-state index < -0.39 is 5.97 Å². The van der Waals surface area contributed by atoms with Crippen LogP contribution in [0.4, 0.5) is 5.69 Å². The van der Waals surface area contributed by atoms with Crippen molar-refractivity contribution in [3.05, 3.63) is 88.7 Å². The summed E-state index contributed by atoms with van der Waals surface area (Å²) in [5.74, 6) is -1.28.